The summed E-state index contributed by atoms with van der Waals surface area (Å²) < 4.78 is 0. The molecule has 0 saturated carbocycles. The number of hydrogen-bond acceptors (Lipinski definition) is 1. The number of rotatable bonds is 1. The first-order chi connectivity index (χ1) is 13.8. The van der Waals surface area contributed by atoms with Gasteiger partial charge in [0.1, 0.15) is 5.60 Å². The van der Waals surface area contributed by atoms with Gasteiger partial charge < -0.3 is 5.11 Å². The Kier molecular flexibility index (Phi) is 5.96. The maximum Gasteiger partial charge on any atom is 0.141 e. The Hall–Kier alpha value is -2.90. The van der Waals surface area contributed by atoms with E-state index in [2.05, 4.69) is 36.4 Å². The normalized spacial score (nSPS) is 12.8. The molecule has 0 spiro atoms. The molecular formula is C27H28O. The average Bonchev–Trinajstić information content (AvgIpc) is 3.06. The van der Waals surface area contributed by atoms with Crippen molar-refractivity contribution in [3.05, 3.63) is 108 Å². The molecule has 1 heteroatoms. The third-order valence-corrected chi connectivity index (χ3v) is 5.09. The zero-order valence-electron chi connectivity index (χ0n) is 17.1. The number of aliphatic hydroxyl groups is 1. The third kappa shape index (κ3) is 3.02. The molecule has 0 aromatic heterocycles. The molecule has 0 amide bonds. The van der Waals surface area contributed by atoms with Crippen molar-refractivity contribution in [2.45, 2.75) is 33.3 Å². The highest BCUT2D eigenvalue weighted by Crippen LogP contribution is 2.50. The first-order valence-electron chi connectivity index (χ1n) is 10.2. The van der Waals surface area contributed by atoms with Crippen LogP contribution in [0.1, 0.15) is 44.4 Å². The summed E-state index contributed by atoms with van der Waals surface area (Å²) in [6.45, 7) is 8.00. The highest BCUT2D eigenvalue weighted by atomic mass is 16.3. The van der Waals surface area contributed by atoms with Crippen molar-refractivity contribution in [2.24, 2.45) is 0 Å². The number of hydrogen-bond donors (Lipinski definition) is 1. The van der Waals surface area contributed by atoms with Crippen molar-refractivity contribution in [3.8, 4) is 11.1 Å². The molecule has 1 aliphatic rings. The summed E-state index contributed by atoms with van der Waals surface area (Å²) in [4.78, 5) is 0. The van der Waals surface area contributed by atoms with Crippen LogP contribution >= 0.6 is 0 Å². The van der Waals surface area contributed by atoms with Gasteiger partial charge in [-0.3, -0.25) is 0 Å². The van der Waals surface area contributed by atoms with E-state index < -0.39 is 5.60 Å². The van der Waals surface area contributed by atoms with Crippen LogP contribution < -0.4 is 0 Å². The van der Waals surface area contributed by atoms with Crippen molar-refractivity contribution < 1.29 is 5.11 Å². The smallest absolute Gasteiger partial charge is 0.141 e. The molecule has 0 unspecified atom stereocenters. The van der Waals surface area contributed by atoms with Gasteiger partial charge in [-0.05, 0) is 33.5 Å². The van der Waals surface area contributed by atoms with Crippen molar-refractivity contribution >= 4 is 10.8 Å². The molecule has 1 aliphatic carbocycles. The van der Waals surface area contributed by atoms with Gasteiger partial charge in [0.25, 0.3) is 0 Å². The first-order valence-corrected chi connectivity index (χ1v) is 10.2. The Morgan fingerprint density at radius 2 is 1.00 bits per heavy atom. The van der Waals surface area contributed by atoms with Crippen LogP contribution in [-0.4, -0.2) is 5.11 Å². The van der Waals surface area contributed by atoms with Gasteiger partial charge in [0.05, 0.1) is 0 Å². The van der Waals surface area contributed by atoms with Crippen LogP contribution in [0.15, 0.2) is 91.0 Å². The van der Waals surface area contributed by atoms with Crippen LogP contribution in [0.25, 0.3) is 21.9 Å². The molecule has 0 aliphatic heterocycles. The number of fused-ring (bicyclic) bond motifs is 4. The fourth-order valence-electron chi connectivity index (χ4n) is 3.94. The molecule has 142 valence electrons. The van der Waals surface area contributed by atoms with Crippen molar-refractivity contribution in [1.82, 2.24) is 0 Å². The van der Waals surface area contributed by atoms with Gasteiger partial charge in [0.15, 0.2) is 0 Å². The lowest BCUT2D eigenvalue weighted by Gasteiger charge is -2.27. The van der Waals surface area contributed by atoms with Gasteiger partial charge in [0.2, 0.25) is 0 Å². The summed E-state index contributed by atoms with van der Waals surface area (Å²) in [6.07, 6.45) is 0. The van der Waals surface area contributed by atoms with E-state index in [1.54, 1.807) is 0 Å². The lowest BCUT2D eigenvalue weighted by Crippen LogP contribution is -2.26. The van der Waals surface area contributed by atoms with Crippen LogP contribution in [-0.2, 0) is 5.60 Å². The predicted octanol–water partition coefficient (Wildman–Crippen LogP) is 7.16. The first kappa shape index (κ1) is 19.9. The van der Waals surface area contributed by atoms with E-state index in [0.717, 1.165) is 33.2 Å². The van der Waals surface area contributed by atoms with E-state index in [1.807, 2.05) is 82.3 Å². The van der Waals surface area contributed by atoms with Crippen LogP contribution in [0.4, 0.5) is 0 Å². The fourth-order valence-corrected chi connectivity index (χ4v) is 3.94. The highest BCUT2D eigenvalue weighted by molar-refractivity contribution is 5.86. The van der Waals surface area contributed by atoms with E-state index in [9.17, 15) is 5.11 Å². The van der Waals surface area contributed by atoms with Gasteiger partial charge in [-0.1, -0.05) is 113 Å². The molecule has 28 heavy (non-hydrogen) atoms. The van der Waals surface area contributed by atoms with E-state index in [-0.39, 0.29) is 0 Å². The van der Waals surface area contributed by atoms with Crippen molar-refractivity contribution in [1.29, 1.82) is 0 Å². The molecule has 4 aromatic rings. The average molecular weight is 369 g/mol. The van der Waals surface area contributed by atoms with E-state index in [4.69, 9.17) is 0 Å². The summed E-state index contributed by atoms with van der Waals surface area (Å²) in [5, 5.41) is 14.2. The largest absolute Gasteiger partial charge is 0.376 e. The van der Waals surface area contributed by atoms with Gasteiger partial charge in [0, 0.05) is 11.1 Å². The SMILES string of the molecule is CC.CC.OC1(c2ccc3ccccc3c2)c2ccccc2-c2ccccc21. The van der Waals surface area contributed by atoms with Crippen LogP contribution in [0.3, 0.4) is 0 Å². The summed E-state index contributed by atoms with van der Waals surface area (Å²) in [5.74, 6) is 0. The molecule has 5 rings (SSSR count). The van der Waals surface area contributed by atoms with Gasteiger partial charge in [-0.2, -0.15) is 0 Å². The van der Waals surface area contributed by atoms with Gasteiger partial charge >= 0.3 is 0 Å². The topological polar surface area (TPSA) is 20.2 Å². The predicted molar refractivity (Wildman–Crippen MR) is 121 cm³/mol. The quantitative estimate of drug-likeness (QED) is 0.378. The van der Waals surface area contributed by atoms with E-state index in [1.165, 1.54) is 5.39 Å². The lowest BCUT2D eigenvalue weighted by atomic mass is 9.83. The summed E-state index contributed by atoms with van der Waals surface area (Å²) in [7, 11) is 0. The molecule has 0 fully saturated rings. The molecule has 4 aromatic carbocycles. The zero-order valence-corrected chi connectivity index (χ0v) is 17.1. The minimum atomic E-state index is -1.10. The minimum Gasteiger partial charge on any atom is -0.376 e. The van der Waals surface area contributed by atoms with E-state index in [0.29, 0.717) is 0 Å². The summed E-state index contributed by atoms with van der Waals surface area (Å²) in [6, 6.07) is 30.8. The molecule has 0 bridgehead atoms. The maximum absolute atomic E-state index is 11.8. The fraction of sp³-hybridized carbons (Fsp3) is 0.185. The molecular weight excluding hydrogens is 340 g/mol. The van der Waals surface area contributed by atoms with Crippen LogP contribution in [0.5, 0.6) is 0 Å². The van der Waals surface area contributed by atoms with E-state index >= 15 is 0 Å². The van der Waals surface area contributed by atoms with Gasteiger partial charge in [-0.15, -0.1) is 0 Å². The van der Waals surface area contributed by atoms with Crippen molar-refractivity contribution in [3.63, 3.8) is 0 Å². The minimum absolute atomic E-state index is 0.915. The Balaban J connectivity index is 0.000000531. The molecule has 0 saturated heterocycles. The Morgan fingerprint density at radius 3 is 1.57 bits per heavy atom. The Morgan fingerprint density at radius 1 is 0.536 bits per heavy atom. The number of benzene rings is 4. The second-order valence-corrected chi connectivity index (χ2v) is 6.36. The molecule has 0 atom stereocenters. The second kappa shape index (κ2) is 8.41. The Bertz CT molecular complexity index is 1030. The standard InChI is InChI=1S/C23H16O.2C2H6/c24-23(18-14-13-16-7-1-2-8-17(16)15-18)21-11-5-3-9-19(21)20-10-4-6-12-22(20)23;2*1-2/h1-15,24H;2*1-2H3. The molecule has 0 heterocycles. The third-order valence-electron chi connectivity index (χ3n) is 5.09. The monoisotopic (exact) mass is 368 g/mol. The molecule has 1 nitrogen and oxygen atoms in total. The van der Waals surface area contributed by atoms with Crippen LogP contribution in [0.2, 0.25) is 0 Å². The Labute approximate surface area is 168 Å². The maximum atomic E-state index is 11.8. The zero-order chi connectivity index (χ0) is 20.1. The lowest BCUT2D eigenvalue weighted by molar-refractivity contribution is 0.131. The highest BCUT2D eigenvalue weighted by Gasteiger charge is 2.42. The molecule has 0 radical (unpaired) electrons. The van der Waals surface area contributed by atoms with Crippen LogP contribution in [0, 0.1) is 0 Å². The second-order valence-electron chi connectivity index (χ2n) is 6.36. The summed E-state index contributed by atoms with van der Waals surface area (Å²) in [5.41, 5.74) is 3.96. The summed E-state index contributed by atoms with van der Waals surface area (Å²) >= 11 is 0. The van der Waals surface area contributed by atoms with Gasteiger partial charge in [-0.25, -0.2) is 0 Å². The van der Waals surface area contributed by atoms with Crippen molar-refractivity contribution in [2.75, 3.05) is 0 Å². The molecule has 1 N–H and O–H groups in total.